The minimum absolute atomic E-state index is 0.265. The number of halogens is 2. The van der Waals surface area contributed by atoms with Crippen molar-refractivity contribution in [2.75, 3.05) is 11.9 Å². The van der Waals surface area contributed by atoms with Crippen LogP contribution in [0.3, 0.4) is 0 Å². The van der Waals surface area contributed by atoms with Gasteiger partial charge in [0.15, 0.2) is 0 Å². The fourth-order valence-corrected chi connectivity index (χ4v) is 2.27. The van der Waals surface area contributed by atoms with Gasteiger partial charge in [-0.15, -0.1) is 0 Å². The molecule has 0 aliphatic rings. The molecule has 98 valence electrons. The molecule has 0 bridgehead atoms. The van der Waals surface area contributed by atoms with Crippen molar-refractivity contribution in [3.05, 3.63) is 70.5 Å². The lowest BCUT2D eigenvalue weighted by molar-refractivity contribution is 0.621. The highest BCUT2D eigenvalue weighted by molar-refractivity contribution is 9.10. The maximum absolute atomic E-state index is 13.5. The lowest BCUT2D eigenvalue weighted by Gasteiger charge is -2.12. The van der Waals surface area contributed by atoms with Gasteiger partial charge in [0.25, 0.3) is 0 Å². The molecule has 0 aliphatic heterocycles. The van der Waals surface area contributed by atoms with Crippen LogP contribution in [0.2, 0.25) is 0 Å². The summed E-state index contributed by atoms with van der Waals surface area (Å²) >= 11 is 3.18. The largest absolute Gasteiger partial charge is 0.381 e. The van der Waals surface area contributed by atoms with E-state index in [1.807, 2.05) is 37.3 Å². The topological polar surface area (TPSA) is 12.0 Å². The number of hydrogen-bond acceptors (Lipinski definition) is 1. The highest BCUT2D eigenvalue weighted by atomic mass is 79.9. The summed E-state index contributed by atoms with van der Waals surface area (Å²) in [5.74, 6) is -0.265. The van der Waals surface area contributed by atoms with Crippen LogP contribution in [0.1, 0.15) is 11.1 Å². The molecule has 0 fully saturated rings. The molecule has 0 unspecified atom stereocenters. The van der Waals surface area contributed by atoms with Crippen molar-refractivity contribution in [3.8, 4) is 0 Å². The van der Waals surface area contributed by atoms with Crippen molar-refractivity contribution < 1.29 is 4.39 Å². The van der Waals surface area contributed by atoms with Gasteiger partial charge >= 0.3 is 0 Å². The van der Waals surface area contributed by atoms with E-state index in [1.165, 1.54) is 6.07 Å². The average molecular weight is 320 g/mol. The molecular weight excluding hydrogens is 305 g/mol. The van der Waals surface area contributed by atoms with Crippen LogP contribution in [-0.2, 0) is 0 Å². The number of nitrogens with one attached hydrogen (secondary N) is 1. The number of benzene rings is 2. The van der Waals surface area contributed by atoms with Gasteiger partial charge in [0.1, 0.15) is 5.82 Å². The molecule has 0 saturated heterocycles. The van der Waals surface area contributed by atoms with E-state index in [0.717, 1.165) is 22.4 Å². The lowest BCUT2D eigenvalue weighted by atomic mass is 10.1. The summed E-state index contributed by atoms with van der Waals surface area (Å²) in [5.41, 5.74) is 3.85. The van der Waals surface area contributed by atoms with E-state index in [4.69, 9.17) is 0 Å². The molecule has 1 nitrogen and oxygen atoms in total. The third kappa shape index (κ3) is 3.44. The van der Waals surface area contributed by atoms with Crippen molar-refractivity contribution in [2.45, 2.75) is 6.92 Å². The summed E-state index contributed by atoms with van der Waals surface area (Å²) in [4.78, 5) is 0. The monoisotopic (exact) mass is 319 g/mol. The van der Waals surface area contributed by atoms with Gasteiger partial charge in [-0.25, -0.2) is 4.39 Å². The number of rotatable bonds is 4. The average Bonchev–Trinajstić information content (AvgIpc) is 2.42. The molecule has 0 aromatic heterocycles. The molecule has 0 heterocycles. The Bertz CT molecular complexity index is 593. The smallest absolute Gasteiger partial charge is 0.139 e. The second kappa shape index (κ2) is 6.02. The van der Waals surface area contributed by atoms with E-state index >= 15 is 0 Å². The Labute approximate surface area is 121 Å². The predicted molar refractivity (Wildman–Crippen MR) is 82.8 cm³/mol. The van der Waals surface area contributed by atoms with Crippen LogP contribution in [0.4, 0.5) is 10.1 Å². The zero-order valence-corrected chi connectivity index (χ0v) is 12.3. The molecule has 0 spiro atoms. The third-order valence-corrected chi connectivity index (χ3v) is 3.55. The van der Waals surface area contributed by atoms with Gasteiger partial charge in [-0.1, -0.05) is 36.9 Å². The third-order valence-electron chi connectivity index (χ3n) is 2.94. The summed E-state index contributed by atoms with van der Waals surface area (Å²) in [6, 6.07) is 13.2. The second-order valence-electron chi connectivity index (χ2n) is 4.40. The zero-order valence-electron chi connectivity index (χ0n) is 10.7. The van der Waals surface area contributed by atoms with Crippen LogP contribution >= 0.6 is 15.9 Å². The molecule has 1 N–H and O–H groups in total. The quantitative estimate of drug-likeness (QED) is 0.834. The Morgan fingerprint density at radius 2 is 1.95 bits per heavy atom. The minimum Gasteiger partial charge on any atom is -0.381 e. The Balaban J connectivity index is 2.07. The van der Waals surface area contributed by atoms with Crippen LogP contribution < -0.4 is 5.32 Å². The van der Waals surface area contributed by atoms with Gasteiger partial charge in [0.05, 0.1) is 4.47 Å². The first kappa shape index (κ1) is 13.8. The lowest BCUT2D eigenvalue weighted by Crippen LogP contribution is -2.05. The van der Waals surface area contributed by atoms with Crippen molar-refractivity contribution in [1.29, 1.82) is 0 Å². The Morgan fingerprint density at radius 3 is 2.63 bits per heavy atom. The summed E-state index contributed by atoms with van der Waals surface area (Å²) < 4.78 is 14.0. The Hall–Kier alpha value is -1.61. The summed E-state index contributed by atoms with van der Waals surface area (Å²) in [5, 5.41) is 3.22. The molecule has 0 atom stereocenters. The van der Waals surface area contributed by atoms with Gasteiger partial charge in [0, 0.05) is 12.2 Å². The van der Waals surface area contributed by atoms with Gasteiger partial charge in [0.2, 0.25) is 0 Å². The molecule has 0 amide bonds. The van der Waals surface area contributed by atoms with Crippen LogP contribution in [0.15, 0.2) is 53.5 Å². The molecule has 2 aromatic rings. The van der Waals surface area contributed by atoms with Crippen molar-refractivity contribution >= 4 is 27.2 Å². The fraction of sp³-hybridized carbons (Fsp3) is 0.125. The number of aryl methyl sites for hydroxylation is 1. The molecule has 0 aliphatic carbocycles. The zero-order chi connectivity index (χ0) is 13.8. The molecule has 2 aromatic carbocycles. The maximum Gasteiger partial charge on any atom is 0.139 e. The van der Waals surface area contributed by atoms with Crippen LogP contribution in [-0.4, -0.2) is 6.54 Å². The van der Waals surface area contributed by atoms with Crippen LogP contribution in [0, 0.1) is 12.7 Å². The predicted octanol–water partition coefficient (Wildman–Crippen LogP) is 5.02. The highest BCUT2D eigenvalue weighted by Crippen LogP contribution is 2.24. The normalized spacial score (nSPS) is 10.3. The van der Waals surface area contributed by atoms with Gasteiger partial charge in [-0.05, 0) is 51.7 Å². The number of hydrogen-bond donors (Lipinski definition) is 1. The number of anilines is 1. The molecule has 19 heavy (non-hydrogen) atoms. The first-order valence-electron chi connectivity index (χ1n) is 6.00. The van der Waals surface area contributed by atoms with E-state index < -0.39 is 0 Å². The molecule has 0 saturated carbocycles. The Morgan fingerprint density at radius 1 is 1.26 bits per heavy atom. The second-order valence-corrected chi connectivity index (χ2v) is 5.26. The van der Waals surface area contributed by atoms with Crippen LogP contribution in [0.25, 0.3) is 5.57 Å². The summed E-state index contributed by atoms with van der Waals surface area (Å²) in [7, 11) is 0. The van der Waals surface area contributed by atoms with Crippen LogP contribution in [0.5, 0.6) is 0 Å². The molecular formula is C16H15BrFN. The molecule has 3 heteroatoms. The summed E-state index contributed by atoms with van der Waals surface area (Å²) in [6.07, 6.45) is 0. The fourth-order valence-electron chi connectivity index (χ4n) is 1.81. The molecule has 2 rings (SSSR count). The van der Waals surface area contributed by atoms with Crippen molar-refractivity contribution in [2.24, 2.45) is 0 Å². The SMILES string of the molecule is C=C(CNc1cc(F)c(Br)cc1C)c1ccccc1. The van der Waals surface area contributed by atoms with Crippen molar-refractivity contribution in [1.82, 2.24) is 0 Å². The first-order chi connectivity index (χ1) is 9.08. The first-order valence-corrected chi connectivity index (χ1v) is 6.80. The van der Waals surface area contributed by atoms with Gasteiger partial charge in [-0.3, -0.25) is 0 Å². The maximum atomic E-state index is 13.5. The van der Waals surface area contributed by atoms with E-state index in [9.17, 15) is 4.39 Å². The summed E-state index contributed by atoms with van der Waals surface area (Å²) in [6.45, 7) is 6.58. The highest BCUT2D eigenvalue weighted by Gasteiger charge is 2.05. The van der Waals surface area contributed by atoms with E-state index in [0.29, 0.717) is 11.0 Å². The van der Waals surface area contributed by atoms with E-state index in [2.05, 4.69) is 27.8 Å². The minimum atomic E-state index is -0.265. The van der Waals surface area contributed by atoms with E-state index in [-0.39, 0.29) is 5.82 Å². The van der Waals surface area contributed by atoms with Gasteiger partial charge in [-0.2, -0.15) is 0 Å². The van der Waals surface area contributed by atoms with Gasteiger partial charge < -0.3 is 5.32 Å². The van der Waals surface area contributed by atoms with Crippen molar-refractivity contribution in [3.63, 3.8) is 0 Å². The van der Waals surface area contributed by atoms with E-state index in [1.54, 1.807) is 6.07 Å². The standard InChI is InChI=1S/C16H15BrFN/c1-11-8-14(17)15(18)9-16(11)19-10-12(2)13-6-4-3-5-7-13/h3-9,19H,2,10H2,1H3. The Kier molecular flexibility index (Phi) is 4.38. The molecule has 0 radical (unpaired) electrons.